The van der Waals surface area contributed by atoms with E-state index in [2.05, 4.69) is 0 Å². The molecule has 3 nitrogen and oxygen atoms in total. The SMILES string of the molecule is CC(C)C[C@@H](C(=O)OC(C)C)[C@H](O)C(C)C. The van der Waals surface area contributed by atoms with Gasteiger partial charge in [-0.1, -0.05) is 27.7 Å². The molecule has 0 saturated heterocycles. The van der Waals surface area contributed by atoms with Gasteiger partial charge in [-0.25, -0.2) is 0 Å². The highest BCUT2D eigenvalue weighted by molar-refractivity contribution is 5.73. The van der Waals surface area contributed by atoms with E-state index in [4.69, 9.17) is 4.74 Å². The summed E-state index contributed by atoms with van der Waals surface area (Å²) in [6.07, 6.45) is -0.0691. The van der Waals surface area contributed by atoms with Gasteiger partial charge in [-0.15, -0.1) is 0 Å². The van der Waals surface area contributed by atoms with E-state index in [-0.39, 0.29) is 18.0 Å². The fourth-order valence-electron chi connectivity index (χ4n) is 1.67. The summed E-state index contributed by atoms with van der Waals surface area (Å²) < 4.78 is 5.19. The summed E-state index contributed by atoms with van der Waals surface area (Å²) in [5.74, 6) is -0.228. The molecule has 0 aromatic heterocycles. The Morgan fingerprint density at radius 3 is 1.94 bits per heavy atom. The minimum absolute atomic E-state index is 0.0727. The fourth-order valence-corrected chi connectivity index (χ4v) is 1.67. The highest BCUT2D eigenvalue weighted by Crippen LogP contribution is 2.22. The lowest BCUT2D eigenvalue weighted by molar-refractivity contribution is -0.158. The number of hydrogen-bond acceptors (Lipinski definition) is 3. The summed E-state index contributed by atoms with van der Waals surface area (Å²) in [7, 11) is 0. The Labute approximate surface area is 99.2 Å². The van der Waals surface area contributed by atoms with Crippen LogP contribution in [0, 0.1) is 17.8 Å². The molecule has 0 radical (unpaired) electrons. The minimum Gasteiger partial charge on any atom is -0.463 e. The highest BCUT2D eigenvalue weighted by Gasteiger charge is 2.31. The average Bonchev–Trinajstić information content (AvgIpc) is 2.11. The fraction of sp³-hybridized carbons (Fsp3) is 0.923. The summed E-state index contributed by atoms with van der Waals surface area (Å²) in [4.78, 5) is 11.9. The first kappa shape index (κ1) is 15.4. The molecule has 0 aliphatic carbocycles. The van der Waals surface area contributed by atoms with E-state index >= 15 is 0 Å². The summed E-state index contributed by atoms with van der Waals surface area (Å²) in [6, 6.07) is 0. The van der Waals surface area contributed by atoms with Crippen molar-refractivity contribution in [3.05, 3.63) is 0 Å². The molecule has 2 atom stereocenters. The zero-order valence-corrected chi connectivity index (χ0v) is 11.4. The van der Waals surface area contributed by atoms with Crippen LogP contribution in [0.1, 0.15) is 48.0 Å². The first-order valence-electron chi connectivity index (χ1n) is 6.14. The van der Waals surface area contributed by atoms with Crippen molar-refractivity contribution in [2.45, 2.75) is 60.2 Å². The molecule has 0 spiro atoms. The van der Waals surface area contributed by atoms with E-state index in [9.17, 15) is 9.90 Å². The van der Waals surface area contributed by atoms with Crippen LogP contribution < -0.4 is 0 Å². The van der Waals surface area contributed by atoms with Gasteiger partial charge in [0.1, 0.15) is 0 Å². The van der Waals surface area contributed by atoms with Gasteiger partial charge < -0.3 is 9.84 Å². The maximum Gasteiger partial charge on any atom is 0.311 e. The van der Waals surface area contributed by atoms with E-state index in [0.717, 1.165) is 0 Å². The molecular weight excluding hydrogens is 204 g/mol. The molecule has 0 unspecified atom stereocenters. The first-order chi connectivity index (χ1) is 7.25. The average molecular weight is 230 g/mol. The Balaban J connectivity index is 4.59. The van der Waals surface area contributed by atoms with Gasteiger partial charge in [0.05, 0.1) is 18.1 Å². The van der Waals surface area contributed by atoms with E-state index in [1.807, 2.05) is 41.5 Å². The molecule has 0 bridgehead atoms. The second kappa shape index (κ2) is 6.89. The van der Waals surface area contributed by atoms with Crippen molar-refractivity contribution in [2.24, 2.45) is 17.8 Å². The van der Waals surface area contributed by atoms with Gasteiger partial charge in [0.25, 0.3) is 0 Å². The van der Waals surface area contributed by atoms with Crippen LogP contribution in [0.15, 0.2) is 0 Å². The Morgan fingerprint density at radius 1 is 1.12 bits per heavy atom. The largest absolute Gasteiger partial charge is 0.463 e. The van der Waals surface area contributed by atoms with Crippen molar-refractivity contribution in [3.63, 3.8) is 0 Å². The van der Waals surface area contributed by atoms with Gasteiger partial charge in [-0.2, -0.15) is 0 Å². The predicted molar refractivity (Wildman–Crippen MR) is 65.0 cm³/mol. The Bertz CT molecular complexity index is 209. The van der Waals surface area contributed by atoms with Crippen molar-refractivity contribution in [1.82, 2.24) is 0 Å². The number of carbonyl (C=O) groups excluding carboxylic acids is 1. The van der Waals surface area contributed by atoms with Crippen LogP contribution in [0.25, 0.3) is 0 Å². The number of hydrogen-bond donors (Lipinski definition) is 1. The molecule has 96 valence electrons. The predicted octanol–water partition coefficient (Wildman–Crippen LogP) is 2.62. The Hall–Kier alpha value is -0.570. The topological polar surface area (TPSA) is 46.5 Å². The van der Waals surface area contributed by atoms with Crippen LogP contribution in [-0.2, 0) is 9.53 Å². The molecule has 0 saturated carbocycles. The van der Waals surface area contributed by atoms with Gasteiger partial charge in [0, 0.05) is 0 Å². The third-order valence-corrected chi connectivity index (χ3v) is 2.48. The number of aliphatic hydroxyl groups excluding tert-OH is 1. The molecule has 0 heterocycles. The summed E-state index contributed by atoms with van der Waals surface area (Å²) in [6.45, 7) is 11.6. The number of ether oxygens (including phenoxy) is 1. The van der Waals surface area contributed by atoms with Crippen molar-refractivity contribution >= 4 is 5.97 Å². The Morgan fingerprint density at radius 2 is 1.62 bits per heavy atom. The van der Waals surface area contributed by atoms with Gasteiger partial charge in [0.2, 0.25) is 0 Å². The zero-order valence-electron chi connectivity index (χ0n) is 11.4. The number of carbonyl (C=O) groups is 1. The second-order valence-corrected chi connectivity index (χ2v) is 5.46. The van der Waals surface area contributed by atoms with E-state index in [0.29, 0.717) is 12.3 Å². The third kappa shape index (κ3) is 5.50. The maximum absolute atomic E-state index is 11.9. The van der Waals surface area contributed by atoms with E-state index in [1.54, 1.807) is 0 Å². The van der Waals surface area contributed by atoms with Crippen LogP contribution in [0.4, 0.5) is 0 Å². The number of esters is 1. The van der Waals surface area contributed by atoms with E-state index in [1.165, 1.54) is 0 Å². The molecule has 0 rings (SSSR count). The summed E-state index contributed by atoms with van der Waals surface area (Å²) in [5.41, 5.74) is 0. The van der Waals surface area contributed by atoms with Crippen LogP contribution >= 0.6 is 0 Å². The monoisotopic (exact) mass is 230 g/mol. The van der Waals surface area contributed by atoms with Crippen molar-refractivity contribution in [3.8, 4) is 0 Å². The lowest BCUT2D eigenvalue weighted by Crippen LogP contribution is -2.35. The molecule has 0 aromatic rings. The van der Waals surface area contributed by atoms with Gasteiger partial charge >= 0.3 is 5.97 Å². The quantitative estimate of drug-likeness (QED) is 0.713. The van der Waals surface area contributed by atoms with Gasteiger partial charge in [0.15, 0.2) is 0 Å². The molecule has 16 heavy (non-hydrogen) atoms. The van der Waals surface area contributed by atoms with Crippen LogP contribution in [-0.4, -0.2) is 23.3 Å². The molecule has 3 heteroatoms. The first-order valence-corrected chi connectivity index (χ1v) is 6.14. The van der Waals surface area contributed by atoms with E-state index < -0.39 is 12.0 Å². The zero-order chi connectivity index (χ0) is 12.9. The van der Waals surface area contributed by atoms with Crippen molar-refractivity contribution in [2.75, 3.05) is 0 Å². The molecular formula is C13H26O3. The lowest BCUT2D eigenvalue weighted by Gasteiger charge is -2.26. The smallest absolute Gasteiger partial charge is 0.311 e. The standard InChI is InChI=1S/C13H26O3/c1-8(2)7-11(12(14)9(3)4)13(15)16-10(5)6/h8-12,14H,7H2,1-6H3/t11-,12-/m1/s1. The summed E-state index contributed by atoms with van der Waals surface area (Å²) >= 11 is 0. The number of aliphatic hydroxyl groups is 1. The molecule has 0 aliphatic heterocycles. The van der Waals surface area contributed by atoms with Crippen molar-refractivity contribution < 1.29 is 14.6 Å². The lowest BCUT2D eigenvalue weighted by atomic mass is 9.86. The van der Waals surface area contributed by atoms with Gasteiger partial charge in [-0.05, 0) is 32.1 Å². The molecule has 1 N–H and O–H groups in total. The van der Waals surface area contributed by atoms with Crippen molar-refractivity contribution in [1.29, 1.82) is 0 Å². The third-order valence-electron chi connectivity index (χ3n) is 2.48. The molecule has 0 aromatic carbocycles. The van der Waals surface area contributed by atoms with Gasteiger partial charge in [-0.3, -0.25) is 4.79 Å². The normalized spacial score (nSPS) is 15.6. The molecule has 0 fully saturated rings. The van der Waals surface area contributed by atoms with Crippen LogP contribution in [0.5, 0.6) is 0 Å². The molecule has 0 amide bonds. The second-order valence-electron chi connectivity index (χ2n) is 5.46. The Kier molecular flexibility index (Phi) is 6.65. The van der Waals surface area contributed by atoms with Crippen LogP contribution in [0.2, 0.25) is 0 Å². The number of rotatable bonds is 6. The minimum atomic E-state index is -0.617. The molecule has 0 aliphatic rings. The van der Waals surface area contributed by atoms with Crippen LogP contribution in [0.3, 0.4) is 0 Å². The maximum atomic E-state index is 11.9. The summed E-state index contributed by atoms with van der Waals surface area (Å²) in [5, 5.41) is 10.0. The highest BCUT2D eigenvalue weighted by atomic mass is 16.5.